The molecule has 1 aliphatic heterocycles. The second kappa shape index (κ2) is 10.5. The Bertz CT molecular complexity index is 591. The average Bonchev–Trinajstić information content (AvgIpc) is 2.80. The SMILES string of the molecule is CCCC1(C)CCCN(C(=NCCc2c(C)nn(C)c2C)NCC)C1.I. The molecule has 6 heteroatoms. The molecule has 0 bridgehead atoms. The van der Waals surface area contributed by atoms with Crippen LogP contribution in [0.25, 0.3) is 0 Å². The maximum Gasteiger partial charge on any atom is 0.193 e. The fraction of sp³-hybridized carbons (Fsp3) is 0.800. The Kier molecular flexibility index (Phi) is 9.41. The highest BCUT2D eigenvalue weighted by molar-refractivity contribution is 14.0. The molecule has 1 fully saturated rings. The van der Waals surface area contributed by atoms with Gasteiger partial charge in [0.05, 0.1) is 5.69 Å². The summed E-state index contributed by atoms with van der Waals surface area (Å²) in [6, 6.07) is 0. The van der Waals surface area contributed by atoms with Gasteiger partial charge in [-0.25, -0.2) is 0 Å². The van der Waals surface area contributed by atoms with Crippen LogP contribution in [0.4, 0.5) is 0 Å². The molecule has 1 saturated heterocycles. The summed E-state index contributed by atoms with van der Waals surface area (Å²) in [6.45, 7) is 15.1. The molecule has 150 valence electrons. The summed E-state index contributed by atoms with van der Waals surface area (Å²) < 4.78 is 1.97. The van der Waals surface area contributed by atoms with Crippen molar-refractivity contribution in [2.75, 3.05) is 26.2 Å². The molecule has 1 aliphatic rings. The molecule has 1 aromatic rings. The highest BCUT2D eigenvalue weighted by Gasteiger charge is 2.31. The zero-order valence-corrected chi connectivity index (χ0v) is 19.9. The smallest absolute Gasteiger partial charge is 0.193 e. The minimum Gasteiger partial charge on any atom is -0.357 e. The van der Waals surface area contributed by atoms with Crippen molar-refractivity contribution in [3.63, 3.8) is 0 Å². The van der Waals surface area contributed by atoms with Gasteiger partial charge in [0.15, 0.2) is 5.96 Å². The van der Waals surface area contributed by atoms with Gasteiger partial charge in [0, 0.05) is 38.9 Å². The molecule has 5 nitrogen and oxygen atoms in total. The van der Waals surface area contributed by atoms with E-state index in [0.29, 0.717) is 5.41 Å². The number of nitrogens with zero attached hydrogens (tertiary/aromatic N) is 4. The van der Waals surface area contributed by atoms with Gasteiger partial charge >= 0.3 is 0 Å². The molecular formula is C20H38IN5. The third-order valence-electron chi connectivity index (χ3n) is 5.55. The molecule has 1 unspecified atom stereocenters. The van der Waals surface area contributed by atoms with Gasteiger partial charge in [-0.2, -0.15) is 5.10 Å². The van der Waals surface area contributed by atoms with Crippen LogP contribution in [-0.4, -0.2) is 46.8 Å². The number of guanidine groups is 1. The van der Waals surface area contributed by atoms with Crippen molar-refractivity contribution in [2.45, 2.75) is 66.7 Å². The number of rotatable bonds is 6. The Labute approximate surface area is 177 Å². The van der Waals surface area contributed by atoms with Gasteiger partial charge in [0.2, 0.25) is 0 Å². The summed E-state index contributed by atoms with van der Waals surface area (Å²) in [5, 5.41) is 8.02. The minimum atomic E-state index is 0. The summed E-state index contributed by atoms with van der Waals surface area (Å²) in [5.41, 5.74) is 4.16. The van der Waals surface area contributed by atoms with E-state index in [2.05, 4.69) is 49.9 Å². The molecular weight excluding hydrogens is 437 g/mol. The number of halogens is 1. The van der Waals surface area contributed by atoms with Crippen LogP contribution in [-0.2, 0) is 13.5 Å². The van der Waals surface area contributed by atoms with E-state index in [0.717, 1.165) is 44.3 Å². The second-order valence-corrected chi connectivity index (χ2v) is 7.84. The van der Waals surface area contributed by atoms with Gasteiger partial charge in [-0.3, -0.25) is 9.67 Å². The number of piperidine rings is 1. The quantitative estimate of drug-likeness (QED) is 0.384. The number of hydrogen-bond acceptors (Lipinski definition) is 2. The standard InChI is InChI=1S/C20H37N5.HI/c1-7-11-20(5)12-9-14-25(15-20)19(21-8-2)22-13-10-18-16(3)23-24(6)17(18)4;/h7-15H2,1-6H3,(H,21,22);1H. The van der Waals surface area contributed by atoms with Crippen LogP contribution >= 0.6 is 24.0 Å². The van der Waals surface area contributed by atoms with Gasteiger partial charge in [0.1, 0.15) is 0 Å². The number of aliphatic imine (C=N–C) groups is 1. The maximum absolute atomic E-state index is 4.94. The first kappa shape index (κ1) is 23.2. The summed E-state index contributed by atoms with van der Waals surface area (Å²) in [4.78, 5) is 7.42. The molecule has 1 atom stereocenters. The van der Waals surface area contributed by atoms with Crippen molar-refractivity contribution in [3.8, 4) is 0 Å². The van der Waals surface area contributed by atoms with Crippen molar-refractivity contribution in [1.29, 1.82) is 0 Å². The Morgan fingerprint density at radius 1 is 1.31 bits per heavy atom. The van der Waals surface area contributed by atoms with E-state index in [4.69, 9.17) is 4.99 Å². The molecule has 0 spiro atoms. The molecule has 26 heavy (non-hydrogen) atoms. The topological polar surface area (TPSA) is 45.5 Å². The van der Waals surface area contributed by atoms with Gasteiger partial charge < -0.3 is 10.2 Å². The molecule has 0 saturated carbocycles. The number of nitrogens with one attached hydrogen (secondary N) is 1. The lowest BCUT2D eigenvalue weighted by atomic mass is 9.78. The summed E-state index contributed by atoms with van der Waals surface area (Å²) in [6.07, 6.45) is 6.13. The van der Waals surface area contributed by atoms with Crippen molar-refractivity contribution in [1.82, 2.24) is 20.0 Å². The zero-order valence-electron chi connectivity index (χ0n) is 17.6. The molecule has 2 rings (SSSR count). The molecule has 0 aliphatic carbocycles. The highest BCUT2D eigenvalue weighted by Crippen LogP contribution is 2.33. The van der Waals surface area contributed by atoms with E-state index < -0.39 is 0 Å². The Morgan fingerprint density at radius 2 is 2.04 bits per heavy atom. The summed E-state index contributed by atoms with van der Waals surface area (Å²) in [5.74, 6) is 1.09. The second-order valence-electron chi connectivity index (χ2n) is 7.84. The maximum atomic E-state index is 4.94. The Morgan fingerprint density at radius 3 is 2.62 bits per heavy atom. The number of hydrogen-bond donors (Lipinski definition) is 1. The van der Waals surface area contributed by atoms with E-state index in [9.17, 15) is 0 Å². The van der Waals surface area contributed by atoms with E-state index in [-0.39, 0.29) is 24.0 Å². The van der Waals surface area contributed by atoms with Gasteiger partial charge in [-0.05, 0) is 57.4 Å². The molecule has 1 N–H and O–H groups in total. The van der Waals surface area contributed by atoms with Crippen LogP contribution in [0.5, 0.6) is 0 Å². The number of aromatic nitrogens is 2. The molecule has 1 aromatic heterocycles. The Balaban J connectivity index is 0.00000338. The predicted octanol–water partition coefficient (Wildman–Crippen LogP) is 4.07. The molecule has 0 radical (unpaired) electrons. The first-order valence-electron chi connectivity index (χ1n) is 9.92. The molecule has 2 heterocycles. The first-order valence-corrected chi connectivity index (χ1v) is 9.92. The van der Waals surface area contributed by atoms with Gasteiger partial charge in [-0.15, -0.1) is 24.0 Å². The van der Waals surface area contributed by atoms with Crippen LogP contribution in [0.3, 0.4) is 0 Å². The van der Waals surface area contributed by atoms with Crippen LogP contribution in [0.15, 0.2) is 4.99 Å². The largest absolute Gasteiger partial charge is 0.357 e. The summed E-state index contributed by atoms with van der Waals surface area (Å²) in [7, 11) is 2.02. The van der Waals surface area contributed by atoms with E-state index in [1.165, 1.54) is 36.9 Å². The Hall–Kier alpha value is -0.790. The van der Waals surface area contributed by atoms with Gasteiger partial charge in [-0.1, -0.05) is 20.3 Å². The first-order chi connectivity index (χ1) is 11.9. The van der Waals surface area contributed by atoms with Crippen molar-refractivity contribution in [3.05, 3.63) is 17.0 Å². The van der Waals surface area contributed by atoms with Crippen LogP contribution < -0.4 is 5.32 Å². The number of aryl methyl sites for hydroxylation is 2. The van der Waals surface area contributed by atoms with E-state index in [1.54, 1.807) is 0 Å². The van der Waals surface area contributed by atoms with Crippen molar-refractivity contribution < 1.29 is 0 Å². The zero-order chi connectivity index (χ0) is 18.4. The lowest BCUT2D eigenvalue weighted by molar-refractivity contribution is 0.142. The fourth-order valence-corrected chi connectivity index (χ4v) is 4.18. The normalized spacial score (nSPS) is 20.8. The minimum absolute atomic E-state index is 0. The molecule has 0 amide bonds. The van der Waals surface area contributed by atoms with Crippen LogP contribution in [0, 0.1) is 19.3 Å². The lowest BCUT2D eigenvalue weighted by Crippen LogP contribution is -2.49. The predicted molar refractivity (Wildman–Crippen MR) is 122 cm³/mol. The average molecular weight is 475 g/mol. The summed E-state index contributed by atoms with van der Waals surface area (Å²) >= 11 is 0. The highest BCUT2D eigenvalue weighted by atomic mass is 127. The fourth-order valence-electron chi connectivity index (χ4n) is 4.18. The van der Waals surface area contributed by atoms with E-state index >= 15 is 0 Å². The third kappa shape index (κ3) is 5.86. The van der Waals surface area contributed by atoms with Crippen LogP contribution in [0.2, 0.25) is 0 Å². The van der Waals surface area contributed by atoms with E-state index in [1.807, 2.05) is 11.7 Å². The van der Waals surface area contributed by atoms with Crippen molar-refractivity contribution >= 4 is 29.9 Å². The van der Waals surface area contributed by atoms with Crippen LogP contribution in [0.1, 0.15) is 63.4 Å². The van der Waals surface area contributed by atoms with Crippen molar-refractivity contribution in [2.24, 2.45) is 17.5 Å². The molecule has 0 aromatic carbocycles. The lowest BCUT2D eigenvalue weighted by Gasteiger charge is -2.42. The third-order valence-corrected chi connectivity index (χ3v) is 5.55. The number of likely N-dealkylation sites (tertiary alicyclic amines) is 1. The van der Waals surface area contributed by atoms with Gasteiger partial charge in [0.25, 0.3) is 0 Å². The monoisotopic (exact) mass is 475 g/mol.